The highest BCUT2D eigenvalue weighted by Gasteiger charge is 1.97. The third-order valence-corrected chi connectivity index (χ3v) is 1.29. The van der Waals surface area contributed by atoms with Gasteiger partial charge < -0.3 is 11.5 Å². The molecule has 0 saturated carbocycles. The van der Waals surface area contributed by atoms with Crippen LogP contribution < -0.4 is 11.5 Å². The summed E-state index contributed by atoms with van der Waals surface area (Å²) in [6.07, 6.45) is 0. The Kier molecular flexibility index (Phi) is 5.04. The van der Waals surface area contributed by atoms with Crippen LogP contribution in [0, 0.1) is 5.82 Å². The van der Waals surface area contributed by atoms with Gasteiger partial charge in [-0.25, -0.2) is 4.39 Å². The summed E-state index contributed by atoms with van der Waals surface area (Å²) in [6, 6.07) is 4.36. The van der Waals surface area contributed by atoms with Gasteiger partial charge in [-0.1, -0.05) is 13.8 Å². The summed E-state index contributed by atoms with van der Waals surface area (Å²) in [7, 11) is 0. The van der Waals surface area contributed by atoms with Crippen molar-refractivity contribution >= 4 is 5.69 Å². The van der Waals surface area contributed by atoms with Gasteiger partial charge in [0.2, 0.25) is 0 Å². The van der Waals surface area contributed by atoms with Gasteiger partial charge in [-0.2, -0.15) is 0 Å². The van der Waals surface area contributed by atoms with Crippen molar-refractivity contribution in [2.24, 2.45) is 5.73 Å². The molecule has 0 unspecified atom stereocenters. The van der Waals surface area contributed by atoms with Crippen LogP contribution in [0.1, 0.15) is 19.4 Å². The van der Waals surface area contributed by atoms with E-state index in [1.807, 2.05) is 13.8 Å². The maximum Gasteiger partial charge on any atom is 0.127 e. The van der Waals surface area contributed by atoms with Gasteiger partial charge >= 0.3 is 0 Å². The second kappa shape index (κ2) is 5.55. The summed E-state index contributed by atoms with van der Waals surface area (Å²) in [5.41, 5.74) is 11.6. The van der Waals surface area contributed by atoms with Gasteiger partial charge in [0.15, 0.2) is 0 Å². The van der Waals surface area contributed by atoms with Gasteiger partial charge in [0.05, 0.1) is 0 Å². The van der Waals surface area contributed by atoms with Crippen LogP contribution in [0.3, 0.4) is 0 Å². The van der Waals surface area contributed by atoms with Crippen LogP contribution in [0.15, 0.2) is 18.2 Å². The van der Waals surface area contributed by atoms with Crippen molar-refractivity contribution in [2.75, 3.05) is 5.73 Å². The second-order valence-electron chi connectivity index (χ2n) is 2.05. The normalized spacial score (nSPS) is 8.67. The summed E-state index contributed by atoms with van der Waals surface area (Å²) in [6.45, 7) is 4.19. The van der Waals surface area contributed by atoms with E-state index in [9.17, 15) is 4.39 Å². The van der Waals surface area contributed by atoms with Crippen molar-refractivity contribution in [3.8, 4) is 0 Å². The number of rotatable bonds is 1. The Bertz CT molecular complexity index is 236. The van der Waals surface area contributed by atoms with Crippen LogP contribution in [0.4, 0.5) is 10.1 Å². The van der Waals surface area contributed by atoms with Gasteiger partial charge in [0.1, 0.15) is 5.82 Å². The Morgan fingerprint density at radius 3 is 2.33 bits per heavy atom. The summed E-state index contributed by atoms with van der Waals surface area (Å²) in [5, 5.41) is 0. The molecule has 1 aromatic rings. The van der Waals surface area contributed by atoms with Crippen LogP contribution in [-0.2, 0) is 6.54 Å². The number of hydrogen-bond donors (Lipinski definition) is 2. The van der Waals surface area contributed by atoms with E-state index < -0.39 is 0 Å². The molecule has 4 N–H and O–H groups in total. The molecular formula is C9H15FN2. The Labute approximate surface area is 72.4 Å². The molecule has 0 bridgehead atoms. The minimum absolute atomic E-state index is 0.191. The van der Waals surface area contributed by atoms with Crippen molar-refractivity contribution in [3.63, 3.8) is 0 Å². The molecular weight excluding hydrogens is 155 g/mol. The average molecular weight is 170 g/mol. The van der Waals surface area contributed by atoms with Gasteiger partial charge in [-0.05, 0) is 18.2 Å². The Morgan fingerprint density at radius 1 is 1.33 bits per heavy atom. The maximum absolute atomic E-state index is 12.6. The molecule has 0 radical (unpaired) electrons. The number of halogens is 1. The molecule has 3 heteroatoms. The first kappa shape index (κ1) is 10.9. The minimum atomic E-state index is -0.295. The van der Waals surface area contributed by atoms with Crippen molar-refractivity contribution in [1.29, 1.82) is 0 Å². The lowest BCUT2D eigenvalue weighted by Gasteiger charge is -1.99. The van der Waals surface area contributed by atoms with Crippen LogP contribution in [0.5, 0.6) is 0 Å². The molecule has 0 amide bonds. The minimum Gasteiger partial charge on any atom is -0.399 e. The van der Waals surface area contributed by atoms with E-state index in [0.717, 1.165) is 0 Å². The van der Waals surface area contributed by atoms with E-state index in [0.29, 0.717) is 11.3 Å². The fraction of sp³-hybridized carbons (Fsp3) is 0.333. The molecule has 0 heterocycles. The number of hydrogen-bond acceptors (Lipinski definition) is 2. The lowest BCUT2D eigenvalue weighted by atomic mass is 10.2. The standard InChI is InChI=1S/C7H9FN2.C2H6/c8-7-2-1-6(10)3-5(7)4-9;1-2/h1-3H,4,9-10H2;1-2H3. The first-order valence-electron chi connectivity index (χ1n) is 3.98. The predicted molar refractivity (Wildman–Crippen MR) is 50.1 cm³/mol. The molecule has 0 saturated heterocycles. The molecule has 1 rings (SSSR count). The molecule has 1 aromatic carbocycles. The molecule has 0 aliphatic carbocycles. The third kappa shape index (κ3) is 2.88. The first-order chi connectivity index (χ1) is 5.74. The first-order valence-corrected chi connectivity index (χ1v) is 3.98. The van der Waals surface area contributed by atoms with Crippen molar-refractivity contribution < 1.29 is 4.39 Å². The fourth-order valence-corrected chi connectivity index (χ4v) is 0.751. The van der Waals surface area contributed by atoms with Crippen LogP contribution >= 0.6 is 0 Å². The van der Waals surface area contributed by atoms with E-state index in [4.69, 9.17) is 11.5 Å². The predicted octanol–water partition coefficient (Wildman–Crippen LogP) is 1.89. The topological polar surface area (TPSA) is 52.0 Å². The summed E-state index contributed by atoms with van der Waals surface area (Å²) < 4.78 is 12.6. The van der Waals surface area contributed by atoms with Crippen LogP contribution in [0.2, 0.25) is 0 Å². The summed E-state index contributed by atoms with van der Waals surface area (Å²) >= 11 is 0. The van der Waals surface area contributed by atoms with E-state index >= 15 is 0 Å². The summed E-state index contributed by atoms with van der Waals surface area (Å²) in [5.74, 6) is -0.295. The van der Waals surface area contributed by atoms with Gasteiger partial charge in [-0.15, -0.1) is 0 Å². The molecule has 68 valence electrons. The fourth-order valence-electron chi connectivity index (χ4n) is 0.751. The molecule has 0 atom stereocenters. The van der Waals surface area contributed by atoms with Gasteiger partial charge in [-0.3, -0.25) is 0 Å². The zero-order valence-electron chi connectivity index (χ0n) is 7.47. The molecule has 2 nitrogen and oxygen atoms in total. The van der Waals surface area contributed by atoms with Gasteiger partial charge in [0, 0.05) is 17.8 Å². The lowest BCUT2D eigenvalue weighted by Crippen LogP contribution is -2.00. The smallest absolute Gasteiger partial charge is 0.127 e. The highest BCUT2D eigenvalue weighted by atomic mass is 19.1. The molecule has 0 fully saturated rings. The number of nitrogen functional groups attached to an aromatic ring is 1. The molecule has 0 aliphatic heterocycles. The Hall–Kier alpha value is -1.09. The van der Waals surface area contributed by atoms with E-state index in [1.165, 1.54) is 18.2 Å². The largest absolute Gasteiger partial charge is 0.399 e. The van der Waals surface area contributed by atoms with E-state index in [1.54, 1.807) is 0 Å². The lowest BCUT2D eigenvalue weighted by molar-refractivity contribution is 0.611. The van der Waals surface area contributed by atoms with Gasteiger partial charge in [0.25, 0.3) is 0 Å². The molecule has 0 spiro atoms. The van der Waals surface area contributed by atoms with E-state index in [-0.39, 0.29) is 12.4 Å². The molecule has 0 aliphatic rings. The quantitative estimate of drug-likeness (QED) is 0.632. The zero-order valence-corrected chi connectivity index (χ0v) is 7.47. The SMILES string of the molecule is CC.NCc1cc(N)ccc1F. The molecule has 12 heavy (non-hydrogen) atoms. The molecule has 0 aromatic heterocycles. The Morgan fingerprint density at radius 2 is 1.92 bits per heavy atom. The zero-order chi connectivity index (χ0) is 9.56. The van der Waals surface area contributed by atoms with Crippen molar-refractivity contribution in [2.45, 2.75) is 20.4 Å². The number of nitrogens with two attached hydrogens (primary N) is 2. The van der Waals surface area contributed by atoms with E-state index in [2.05, 4.69) is 0 Å². The second-order valence-corrected chi connectivity index (χ2v) is 2.05. The third-order valence-electron chi connectivity index (χ3n) is 1.29. The highest BCUT2D eigenvalue weighted by molar-refractivity contribution is 5.41. The number of anilines is 1. The monoisotopic (exact) mass is 170 g/mol. The van der Waals surface area contributed by atoms with Crippen molar-refractivity contribution in [1.82, 2.24) is 0 Å². The van der Waals surface area contributed by atoms with Crippen molar-refractivity contribution in [3.05, 3.63) is 29.6 Å². The van der Waals surface area contributed by atoms with Crippen LogP contribution in [0.25, 0.3) is 0 Å². The average Bonchev–Trinajstić information content (AvgIpc) is 2.13. The highest BCUT2D eigenvalue weighted by Crippen LogP contribution is 2.10. The Balaban J connectivity index is 0.000000561. The van der Waals surface area contributed by atoms with Crippen LogP contribution in [-0.4, -0.2) is 0 Å². The summed E-state index contributed by atoms with van der Waals surface area (Å²) in [4.78, 5) is 0. The number of benzene rings is 1. The maximum atomic E-state index is 12.6.